The highest BCUT2D eigenvalue weighted by Crippen LogP contribution is 2.21. The number of carbonyl (C=O) groups excluding carboxylic acids is 1. The number of cyclic esters (lactones) is 1. The van der Waals surface area contributed by atoms with Gasteiger partial charge in [-0.05, 0) is 12.5 Å². The first-order valence-corrected chi connectivity index (χ1v) is 5.09. The highest BCUT2D eigenvalue weighted by molar-refractivity contribution is 5.78. The molecule has 0 radical (unpaired) electrons. The fraction of sp³-hybridized carbons (Fsp3) is 0.417. The van der Waals surface area contributed by atoms with Gasteiger partial charge in [-0.1, -0.05) is 30.3 Å². The molecule has 0 unspecified atom stereocenters. The molecule has 0 aliphatic carbocycles. The molecule has 0 amide bonds. The summed E-state index contributed by atoms with van der Waals surface area (Å²) in [5, 5.41) is 0. The smallest absolute Gasteiger partial charge is 0.312 e. The molecule has 1 heterocycles. The van der Waals surface area contributed by atoms with Crippen LogP contribution < -0.4 is 0 Å². The Morgan fingerprint density at radius 1 is 1.33 bits per heavy atom. The molecule has 0 bridgehead atoms. The second-order valence-electron chi connectivity index (χ2n) is 3.76. The van der Waals surface area contributed by atoms with E-state index in [1.165, 1.54) is 0 Å². The van der Waals surface area contributed by atoms with E-state index in [9.17, 15) is 4.79 Å². The summed E-state index contributed by atoms with van der Waals surface area (Å²) in [4.78, 5) is 10.8. The van der Waals surface area contributed by atoms with Crippen molar-refractivity contribution >= 4 is 5.97 Å². The Kier molecular flexibility index (Phi) is 3.02. The number of ether oxygens (including phenoxy) is 2. The second-order valence-corrected chi connectivity index (χ2v) is 3.76. The minimum atomic E-state index is -0.122. The lowest BCUT2D eigenvalue weighted by atomic mass is 10.0. The average molecular weight is 206 g/mol. The van der Waals surface area contributed by atoms with Crippen molar-refractivity contribution in [2.75, 3.05) is 6.61 Å². The van der Waals surface area contributed by atoms with Crippen molar-refractivity contribution in [1.29, 1.82) is 0 Å². The third kappa shape index (κ3) is 2.36. The van der Waals surface area contributed by atoms with Crippen LogP contribution in [0.1, 0.15) is 12.5 Å². The van der Waals surface area contributed by atoms with E-state index in [2.05, 4.69) is 0 Å². The first kappa shape index (κ1) is 10.2. The average Bonchev–Trinajstić information content (AvgIpc) is 2.29. The van der Waals surface area contributed by atoms with E-state index in [4.69, 9.17) is 9.47 Å². The number of benzene rings is 1. The summed E-state index contributed by atoms with van der Waals surface area (Å²) < 4.78 is 10.4. The van der Waals surface area contributed by atoms with Crippen molar-refractivity contribution in [2.24, 2.45) is 5.92 Å². The van der Waals surface area contributed by atoms with Crippen LogP contribution in [-0.2, 0) is 20.9 Å². The van der Waals surface area contributed by atoms with Crippen LogP contribution in [0.15, 0.2) is 30.3 Å². The van der Waals surface area contributed by atoms with Crippen LogP contribution >= 0.6 is 0 Å². The molecule has 0 aromatic heterocycles. The zero-order valence-electron chi connectivity index (χ0n) is 8.68. The van der Waals surface area contributed by atoms with Gasteiger partial charge in [-0.15, -0.1) is 0 Å². The standard InChI is InChI=1S/C12H14O3/c1-9-11(15-12(9)13)8-14-7-10-5-3-2-4-6-10/h2-6,9,11H,7-8H2,1H3/t9-,11-/m0/s1. The third-order valence-corrected chi connectivity index (χ3v) is 2.59. The lowest BCUT2D eigenvalue weighted by Gasteiger charge is -2.32. The summed E-state index contributed by atoms with van der Waals surface area (Å²) >= 11 is 0. The van der Waals surface area contributed by atoms with Crippen LogP contribution in [0.5, 0.6) is 0 Å². The SMILES string of the molecule is C[C@@H]1C(=O)O[C@H]1COCc1ccccc1. The zero-order valence-corrected chi connectivity index (χ0v) is 8.68. The van der Waals surface area contributed by atoms with E-state index in [1.807, 2.05) is 37.3 Å². The molecule has 1 aliphatic heterocycles. The van der Waals surface area contributed by atoms with Crippen molar-refractivity contribution in [3.8, 4) is 0 Å². The predicted octanol–water partition coefficient (Wildman–Crippen LogP) is 1.76. The Bertz CT molecular complexity index is 334. The summed E-state index contributed by atoms with van der Waals surface area (Å²) in [6.45, 7) is 2.92. The van der Waals surface area contributed by atoms with Gasteiger partial charge in [0, 0.05) is 0 Å². The van der Waals surface area contributed by atoms with Crippen LogP contribution in [0, 0.1) is 5.92 Å². The molecule has 3 heteroatoms. The topological polar surface area (TPSA) is 35.5 Å². The van der Waals surface area contributed by atoms with Gasteiger partial charge < -0.3 is 9.47 Å². The highest BCUT2D eigenvalue weighted by Gasteiger charge is 2.38. The summed E-state index contributed by atoms with van der Waals surface area (Å²) in [5.41, 5.74) is 1.14. The lowest BCUT2D eigenvalue weighted by Crippen LogP contribution is -2.45. The van der Waals surface area contributed by atoms with Gasteiger partial charge >= 0.3 is 5.97 Å². The van der Waals surface area contributed by atoms with E-state index < -0.39 is 0 Å². The highest BCUT2D eigenvalue weighted by atomic mass is 16.6. The van der Waals surface area contributed by atoms with Crippen molar-refractivity contribution in [3.05, 3.63) is 35.9 Å². The molecule has 3 nitrogen and oxygen atoms in total. The second kappa shape index (κ2) is 4.45. The maximum absolute atomic E-state index is 10.8. The first-order chi connectivity index (χ1) is 7.27. The van der Waals surface area contributed by atoms with Gasteiger partial charge in [0.05, 0.1) is 19.1 Å². The maximum atomic E-state index is 10.8. The van der Waals surface area contributed by atoms with Crippen molar-refractivity contribution in [1.82, 2.24) is 0 Å². The lowest BCUT2D eigenvalue weighted by molar-refractivity contribution is -0.189. The molecule has 0 spiro atoms. The Balaban J connectivity index is 1.70. The molecule has 1 aromatic rings. The van der Waals surface area contributed by atoms with E-state index >= 15 is 0 Å². The fourth-order valence-electron chi connectivity index (χ4n) is 1.48. The molecular formula is C12H14O3. The number of hydrogen-bond donors (Lipinski definition) is 0. The molecule has 80 valence electrons. The normalized spacial score (nSPS) is 24.5. The number of rotatable bonds is 4. The van der Waals surface area contributed by atoms with Crippen LogP contribution in [0.2, 0.25) is 0 Å². The Hall–Kier alpha value is -1.35. The zero-order chi connectivity index (χ0) is 10.7. The molecule has 1 fully saturated rings. The first-order valence-electron chi connectivity index (χ1n) is 5.09. The van der Waals surface area contributed by atoms with E-state index in [0.717, 1.165) is 5.56 Å². The van der Waals surface area contributed by atoms with Crippen LogP contribution in [0.25, 0.3) is 0 Å². The summed E-state index contributed by atoms with van der Waals surface area (Å²) in [6.07, 6.45) is -0.0544. The minimum Gasteiger partial charge on any atom is -0.459 e. The van der Waals surface area contributed by atoms with Crippen molar-refractivity contribution < 1.29 is 14.3 Å². The molecule has 1 aromatic carbocycles. The van der Waals surface area contributed by atoms with Gasteiger partial charge in [0.1, 0.15) is 6.10 Å². The van der Waals surface area contributed by atoms with Crippen LogP contribution in [0.3, 0.4) is 0 Å². The summed E-state index contributed by atoms with van der Waals surface area (Å²) in [7, 11) is 0. The molecule has 2 atom stereocenters. The molecule has 0 N–H and O–H groups in total. The summed E-state index contributed by atoms with van der Waals surface area (Å²) in [6, 6.07) is 9.95. The number of carbonyl (C=O) groups is 1. The van der Waals surface area contributed by atoms with Crippen molar-refractivity contribution in [2.45, 2.75) is 19.6 Å². The molecular weight excluding hydrogens is 192 g/mol. The summed E-state index contributed by atoms with van der Waals surface area (Å²) in [5.74, 6) is -0.135. The Morgan fingerprint density at radius 2 is 2.07 bits per heavy atom. The number of hydrogen-bond acceptors (Lipinski definition) is 3. The van der Waals surface area contributed by atoms with Crippen LogP contribution in [-0.4, -0.2) is 18.7 Å². The van der Waals surface area contributed by atoms with E-state index in [-0.39, 0.29) is 18.0 Å². The predicted molar refractivity (Wildman–Crippen MR) is 55.1 cm³/mol. The van der Waals surface area contributed by atoms with Crippen LogP contribution in [0.4, 0.5) is 0 Å². The van der Waals surface area contributed by atoms with Gasteiger partial charge in [0.2, 0.25) is 0 Å². The Labute approximate surface area is 89.0 Å². The van der Waals surface area contributed by atoms with Gasteiger partial charge in [0.25, 0.3) is 0 Å². The van der Waals surface area contributed by atoms with Gasteiger partial charge in [-0.2, -0.15) is 0 Å². The largest absolute Gasteiger partial charge is 0.459 e. The number of esters is 1. The monoisotopic (exact) mass is 206 g/mol. The van der Waals surface area contributed by atoms with Gasteiger partial charge in [-0.3, -0.25) is 4.79 Å². The molecule has 0 saturated carbocycles. The fourth-order valence-corrected chi connectivity index (χ4v) is 1.48. The maximum Gasteiger partial charge on any atom is 0.312 e. The quantitative estimate of drug-likeness (QED) is 0.704. The molecule has 15 heavy (non-hydrogen) atoms. The molecule has 1 saturated heterocycles. The van der Waals surface area contributed by atoms with Gasteiger partial charge in [-0.25, -0.2) is 0 Å². The van der Waals surface area contributed by atoms with Crippen molar-refractivity contribution in [3.63, 3.8) is 0 Å². The Morgan fingerprint density at radius 3 is 2.67 bits per heavy atom. The molecule has 2 rings (SSSR count). The minimum absolute atomic E-state index is 0.0132. The van der Waals surface area contributed by atoms with Gasteiger partial charge in [0.15, 0.2) is 0 Å². The third-order valence-electron chi connectivity index (χ3n) is 2.59. The van der Waals surface area contributed by atoms with E-state index in [0.29, 0.717) is 13.2 Å². The molecule has 1 aliphatic rings. The van der Waals surface area contributed by atoms with E-state index in [1.54, 1.807) is 0 Å².